The van der Waals surface area contributed by atoms with E-state index in [2.05, 4.69) is 5.10 Å². The quantitative estimate of drug-likeness (QED) is 0.800. The Balaban J connectivity index is 3.26. The number of aromatic nitrogens is 2. The van der Waals surface area contributed by atoms with E-state index in [1.54, 1.807) is 0 Å². The largest absolute Gasteiger partial charge is 0.465 e. The molecule has 1 aromatic heterocycles. The number of hydrogen-bond donors (Lipinski definition) is 2. The van der Waals surface area contributed by atoms with Gasteiger partial charge in [-0.25, -0.2) is 4.79 Å². The summed E-state index contributed by atoms with van der Waals surface area (Å²) in [5.41, 5.74) is -2.60. The zero-order chi connectivity index (χ0) is 13.4. The fraction of sp³-hybridized carbons (Fsp3) is 0.429. The van der Waals surface area contributed by atoms with Crippen LogP contribution in [0.5, 0.6) is 0 Å². The Morgan fingerprint density at radius 3 is 2.35 bits per heavy atom. The summed E-state index contributed by atoms with van der Waals surface area (Å²) < 4.78 is 62.8. The number of amides is 1. The lowest BCUT2D eigenvalue weighted by atomic mass is 10.2. The van der Waals surface area contributed by atoms with Crippen molar-refractivity contribution in [2.75, 3.05) is 5.32 Å². The number of alkyl halides is 5. The molecule has 1 aromatic rings. The van der Waals surface area contributed by atoms with E-state index in [0.29, 0.717) is 10.9 Å². The summed E-state index contributed by atoms with van der Waals surface area (Å²) in [7, 11) is 1.09. The molecule has 0 aliphatic rings. The van der Waals surface area contributed by atoms with Crippen LogP contribution in [0.4, 0.5) is 32.4 Å². The van der Waals surface area contributed by atoms with Crippen LogP contribution in [0.15, 0.2) is 6.20 Å². The fourth-order valence-electron chi connectivity index (χ4n) is 1.06. The highest BCUT2D eigenvalue weighted by Crippen LogP contribution is 2.45. The lowest BCUT2D eigenvalue weighted by Gasteiger charge is -2.18. The molecule has 2 N–H and O–H groups in total. The Kier molecular flexibility index (Phi) is 2.99. The van der Waals surface area contributed by atoms with Gasteiger partial charge in [-0.1, -0.05) is 0 Å². The highest BCUT2D eigenvalue weighted by molar-refractivity contribution is 5.83. The first-order valence-corrected chi connectivity index (χ1v) is 4.04. The van der Waals surface area contributed by atoms with Crippen LogP contribution in [-0.2, 0) is 13.0 Å². The van der Waals surface area contributed by atoms with Crippen LogP contribution >= 0.6 is 0 Å². The van der Waals surface area contributed by atoms with Gasteiger partial charge in [-0.05, 0) is 0 Å². The number of anilines is 1. The smallest absolute Gasteiger partial charge is 0.459 e. The minimum atomic E-state index is -5.85. The van der Waals surface area contributed by atoms with E-state index in [1.807, 2.05) is 0 Å². The SMILES string of the molecule is Cn1cc(NC(=O)O)c(C(F)(F)C(F)(F)F)n1. The zero-order valence-corrected chi connectivity index (χ0v) is 8.22. The van der Waals surface area contributed by atoms with Crippen molar-refractivity contribution in [1.29, 1.82) is 0 Å². The van der Waals surface area contributed by atoms with Crippen LogP contribution in [-0.4, -0.2) is 27.2 Å². The van der Waals surface area contributed by atoms with E-state index in [9.17, 15) is 26.7 Å². The van der Waals surface area contributed by atoms with E-state index in [1.165, 1.54) is 5.32 Å². The van der Waals surface area contributed by atoms with E-state index in [-0.39, 0.29) is 0 Å². The number of aryl methyl sites for hydroxylation is 1. The van der Waals surface area contributed by atoms with E-state index in [0.717, 1.165) is 7.05 Å². The van der Waals surface area contributed by atoms with Crippen LogP contribution in [0, 0.1) is 0 Å². The van der Waals surface area contributed by atoms with Crippen molar-refractivity contribution >= 4 is 11.8 Å². The molecule has 0 unspecified atom stereocenters. The number of hydrogen-bond acceptors (Lipinski definition) is 2. The maximum atomic E-state index is 13.0. The second kappa shape index (κ2) is 3.86. The third-order valence-corrected chi connectivity index (χ3v) is 1.72. The first-order chi connectivity index (χ1) is 7.55. The summed E-state index contributed by atoms with van der Waals surface area (Å²) in [6.45, 7) is 0. The number of rotatable bonds is 2. The van der Waals surface area contributed by atoms with Gasteiger partial charge in [0.05, 0.1) is 5.69 Å². The molecule has 1 amide bonds. The third-order valence-electron chi connectivity index (χ3n) is 1.72. The Hall–Kier alpha value is -1.87. The number of halogens is 5. The standard InChI is InChI=1S/C7H6F5N3O2/c1-15-2-3(13-5(16)17)4(14-15)6(8,9)7(10,11)12/h2,13H,1H3,(H,16,17). The summed E-state index contributed by atoms with van der Waals surface area (Å²) >= 11 is 0. The van der Waals surface area contributed by atoms with Crippen LogP contribution in [0.25, 0.3) is 0 Å². The van der Waals surface area contributed by atoms with Crippen molar-refractivity contribution in [2.45, 2.75) is 12.1 Å². The molecule has 0 bridgehead atoms. The molecule has 5 nitrogen and oxygen atoms in total. The van der Waals surface area contributed by atoms with Crippen molar-refractivity contribution in [2.24, 2.45) is 7.05 Å². The van der Waals surface area contributed by atoms with Gasteiger partial charge in [0, 0.05) is 13.2 Å². The minimum absolute atomic E-state index is 0.653. The number of nitrogens with zero attached hydrogens (tertiary/aromatic N) is 2. The molecule has 0 atom stereocenters. The van der Waals surface area contributed by atoms with Crippen molar-refractivity contribution in [1.82, 2.24) is 9.78 Å². The normalized spacial score (nSPS) is 12.6. The monoisotopic (exact) mass is 259 g/mol. The Labute approximate surface area is 90.8 Å². The molecule has 96 valence electrons. The lowest BCUT2D eigenvalue weighted by Crippen LogP contribution is -2.35. The molecule has 0 saturated carbocycles. The maximum Gasteiger partial charge on any atom is 0.459 e. The van der Waals surface area contributed by atoms with Gasteiger partial charge in [0.1, 0.15) is 0 Å². The lowest BCUT2D eigenvalue weighted by molar-refractivity contribution is -0.290. The summed E-state index contributed by atoms with van der Waals surface area (Å²) in [5.74, 6) is -5.23. The average molecular weight is 259 g/mol. The molecule has 0 spiro atoms. The maximum absolute atomic E-state index is 13.0. The molecule has 0 saturated heterocycles. The van der Waals surface area contributed by atoms with Crippen molar-refractivity contribution in [3.05, 3.63) is 11.9 Å². The Bertz CT molecular complexity index is 439. The van der Waals surface area contributed by atoms with Crippen molar-refractivity contribution in [3.63, 3.8) is 0 Å². The first-order valence-electron chi connectivity index (χ1n) is 4.04. The highest BCUT2D eigenvalue weighted by Gasteiger charge is 2.61. The van der Waals surface area contributed by atoms with Crippen molar-refractivity contribution in [3.8, 4) is 0 Å². The molecule has 0 aromatic carbocycles. The van der Waals surface area contributed by atoms with Crippen LogP contribution in [0.3, 0.4) is 0 Å². The second-order valence-electron chi connectivity index (χ2n) is 3.07. The molecular weight excluding hydrogens is 253 g/mol. The van der Waals surface area contributed by atoms with Crippen LogP contribution in [0.1, 0.15) is 5.69 Å². The molecule has 0 fully saturated rings. The molecule has 0 aliphatic carbocycles. The Morgan fingerprint density at radius 2 is 1.94 bits per heavy atom. The molecular formula is C7H6F5N3O2. The van der Waals surface area contributed by atoms with Gasteiger partial charge in [-0.3, -0.25) is 10.00 Å². The molecule has 0 aliphatic heterocycles. The highest BCUT2D eigenvalue weighted by atomic mass is 19.4. The predicted octanol–water partition coefficient (Wildman–Crippen LogP) is 2.16. The zero-order valence-electron chi connectivity index (χ0n) is 8.22. The van der Waals surface area contributed by atoms with Gasteiger partial charge in [0.2, 0.25) is 0 Å². The summed E-state index contributed by atoms with van der Waals surface area (Å²) in [4.78, 5) is 10.2. The van der Waals surface area contributed by atoms with Crippen molar-refractivity contribution < 1.29 is 31.9 Å². The van der Waals surface area contributed by atoms with Gasteiger partial charge < -0.3 is 5.11 Å². The summed E-state index contributed by atoms with van der Waals surface area (Å²) in [6.07, 6.45) is -6.91. The number of nitrogens with one attached hydrogen (secondary N) is 1. The van der Waals surface area contributed by atoms with Gasteiger partial charge in [-0.2, -0.15) is 27.1 Å². The molecule has 1 rings (SSSR count). The molecule has 17 heavy (non-hydrogen) atoms. The average Bonchev–Trinajstić information content (AvgIpc) is 2.43. The number of carboxylic acid groups (broad SMARTS) is 1. The Morgan fingerprint density at radius 1 is 1.41 bits per heavy atom. The van der Waals surface area contributed by atoms with Crippen LogP contribution in [0.2, 0.25) is 0 Å². The first kappa shape index (κ1) is 13.2. The van der Waals surface area contributed by atoms with Gasteiger partial charge >= 0.3 is 18.2 Å². The molecule has 0 radical (unpaired) electrons. The van der Waals surface area contributed by atoms with Gasteiger partial charge in [-0.15, -0.1) is 0 Å². The molecule has 10 heteroatoms. The summed E-state index contributed by atoms with van der Waals surface area (Å²) in [6, 6.07) is 0. The number of carbonyl (C=O) groups is 1. The summed E-state index contributed by atoms with van der Waals surface area (Å²) in [5, 5.41) is 12.6. The fourth-order valence-corrected chi connectivity index (χ4v) is 1.06. The van der Waals surface area contributed by atoms with E-state index < -0.39 is 29.6 Å². The van der Waals surface area contributed by atoms with Gasteiger partial charge in [0.25, 0.3) is 0 Å². The van der Waals surface area contributed by atoms with E-state index in [4.69, 9.17) is 5.11 Å². The van der Waals surface area contributed by atoms with E-state index >= 15 is 0 Å². The molecule has 1 heterocycles. The minimum Gasteiger partial charge on any atom is -0.465 e. The topological polar surface area (TPSA) is 67.2 Å². The third kappa shape index (κ3) is 2.45. The van der Waals surface area contributed by atoms with Crippen LogP contribution < -0.4 is 5.32 Å². The van der Waals surface area contributed by atoms with Gasteiger partial charge in [0.15, 0.2) is 5.69 Å². The second-order valence-corrected chi connectivity index (χ2v) is 3.07. The predicted molar refractivity (Wildman–Crippen MR) is 44.8 cm³/mol.